The number of β-lactam (4-membered cyclic amide) rings is 1. The minimum Gasteiger partial charge on any atom is -0.427 e. The maximum absolute atomic E-state index is 13.2. The van der Waals surface area contributed by atoms with Crippen molar-refractivity contribution >= 4 is 35.0 Å². The molecule has 2 aromatic rings. The van der Waals surface area contributed by atoms with E-state index in [0.717, 1.165) is 5.56 Å². The number of nitrogens with one attached hydrogen (secondary N) is 2. The van der Waals surface area contributed by atoms with Gasteiger partial charge in [0.25, 0.3) is 0 Å². The predicted octanol–water partition coefficient (Wildman–Crippen LogP) is 2.22. The highest BCUT2D eigenvalue weighted by Crippen LogP contribution is 2.47. The van der Waals surface area contributed by atoms with E-state index in [4.69, 9.17) is 9.47 Å². The van der Waals surface area contributed by atoms with Crippen molar-refractivity contribution in [1.82, 2.24) is 15.2 Å². The first kappa shape index (κ1) is 28.9. The van der Waals surface area contributed by atoms with E-state index < -0.39 is 36.2 Å². The summed E-state index contributed by atoms with van der Waals surface area (Å²) in [6, 6.07) is 10.5. The molecule has 11 nitrogen and oxygen atoms in total. The normalized spacial score (nSPS) is 19.0. The third kappa shape index (κ3) is 6.37. The van der Waals surface area contributed by atoms with E-state index in [-0.39, 0.29) is 30.1 Å². The van der Waals surface area contributed by atoms with Gasteiger partial charge in [-0.05, 0) is 62.9 Å². The van der Waals surface area contributed by atoms with Crippen LogP contribution in [0, 0.1) is 11.3 Å². The van der Waals surface area contributed by atoms with E-state index in [0.29, 0.717) is 29.8 Å². The van der Waals surface area contributed by atoms with Gasteiger partial charge in [-0.3, -0.25) is 19.4 Å². The van der Waals surface area contributed by atoms with Crippen molar-refractivity contribution in [3.63, 3.8) is 0 Å². The van der Waals surface area contributed by atoms with Crippen molar-refractivity contribution in [2.24, 2.45) is 11.3 Å². The van der Waals surface area contributed by atoms with Gasteiger partial charge < -0.3 is 30.1 Å². The second kappa shape index (κ2) is 12.0. The average molecular weight is 551 g/mol. The number of ether oxygens (including phenoxy) is 2. The number of esters is 2. The lowest BCUT2D eigenvalue weighted by molar-refractivity contribution is -0.175. The van der Waals surface area contributed by atoms with E-state index in [2.05, 4.69) is 15.6 Å². The van der Waals surface area contributed by atoms with E-state index in [1.54, 1.807) is 52.2 Å². The standard InChI is InChI=1S/C29H34N4O7/c1-17(34)24-22-12-21(25(33(22)26(24)36)27(37)39-16-40-28(38)29(2,3)4)19-8-5-7-18(11-19)13-31-15-23(35)32-20-9-6-10-30-14-20/h5-11,14,17,22,24,31,34H,12-13,15-16H2,1-4H3,(H,32,35)/t17-,22-,24-/m1/s1. The molecule has 0 aliphatic carbocycles. The third-order valence-electron chi connectivity index (χ3n) is 6.75. The summed E-state index contributed by atoms with van der Waals surface area (Å²) in [6.07, 6.45) is 2.67. The highest BCUT2D eigenvalue weighted by Gasteiger charge is 2.57. The Morgan fingerprint density at radius 3 is 2.62 bits per heavy atom. The molecule has 3 atom stereocenters. The Kier molecular flexibility index (Phi) is 8.65. The average Bonchev–Trinajstić information content (AvgIpc) is 3.23. The summed E-state index contributed by atoms with van der Waals surface area (Å²) in [6.45, 7) is 6.48. The van der Waals surface area contributed by atoms with E-state index >= 15 is 0 Å². The fourth-order valence-corrected chi connectivity index (χ4v) is 4.77. The Morgan fingerprint density at radius 2 is 1.95 bits per heavy atom. The summed E-state index contributed by atoms with van der Waals surface area (Å²) in [5, 5.41) is 16.0. The molecule has 1 saturated heterocycles. The van der Waals surface area contributed by atoms with Crippen molar-refractivity contribution in [3.05, 3.63) is 65.6 Å². The molecule has 0 unspecified atom stereocenters. The number of fused-ring (bicyclic) bond motifs is 1. The highest BCUT2D eigenvalue weighted by atomic mass is 16.7. The topological polar surface area (TPSA) is 147 Å². The molecule has 3 heterocycles. The molecule has 0 radical (unpaired) electrons. The second-order valence-electron chi connectivity index (χ2n) is 10.9. The van der Waals surface area contributed by atoms with E-state index in [1.165, 1.54) is 4.90 Å². The first-order valence-electron chi connectivity index (χ1n) is 13.1. The summed E-state index contributed by atoms with van der Waals surface area (Å²) >= 11 is 0. The molecule has 2 amide bonds. The number of rotatable bonds is 10. The zero-order chi connectivity index (χ0) is 29.0. The van der Waals surface area contributed by atoms with Crippen LogP contribution >= 0.6 is 0 Å². The minimum atomic E-state index is -0.869. The molecule has 212 valence electrons. The summed E-state index contributed by atoms with van der Waals surface area (Å²) in [5.74, 6) is -2.50. The largest absolute Gasteiger partial charge is 0.427 e. The van der Waals surface area contributed by atoms with E-state index in [9.17, 15) is 24.3 Å². The van der Waals surface area contributed by atoms with Crippen LogP contribution in [0.25, 0.3) is 5.57 Å². The van der Waals surface area contributed by atoms with Crippen LogP contribution in [0.5, 0.6) is 0 Å². The van der Waals surface area contributed by atoms with Crippen LogP contribution in [0.3, 0.4) is 0 Å². The molecule has 1 aromatic heterocycles. The van der Waals surface area contributed by atoms with Gasteiger partial charge in [-0.25, -0.2) is 4.79 Å². The fourth-order valence-electron chi connectivity index (χ4n) is 4.77. The van der Waals surface area contributed by atoms with Gasteiger partial charge in [-0.15, -0.1) is 0 Å². The molecular formula is C29H34N4O7. The number of hydrogen-bond acceptors (Lipinski definition) is 9. The van der Waals surface area contributed by atoms with Crippen LogP contribution in [0.1, 0.15) is 45.2 Å². The van der Waals surface area contributed by atoms with Gasteiger partial charge in [0.2, 0.25) is 18.6 Å². The number of nitrogens with zero attached hydrogens (tertiary/aromatic N) is 2. The number of aliphatic hydroxyl groups excluding tert-OH is 1. The molecule has 0 bridgehead atoms. The number of benzene rings is 1. The van der Waals surface area contributed by atoms with Crippen molar-refractivity contribution in [3.8, 4) is 0 Å². The van der Waals surface area contributed by atoms with Crippen LogP contribution in [-0.4, -0.2) is 64.2 Å². The van der Waals surface area contributed by atoms with Gasteiger partial charge in [0.1, 0.15) is 5.70 Å². The predicted molar refractivity (Wildman–Crippen MR) is 145 cm³/mol. The van der Waals surface area contributed by atoms with Crippen LogP contribution in [0.2, 0.25) is 0 Å². The quantitative estimate of drug-likeness (QED) is 0.230. The smallest absolute Gasteiger partial charge is 0.358 e. The van der Waals surface area contributed by atoms with Crippen molar-refractivity contribution < 1.29 is 33.8 Å². The monoisotopic (exact) mass is 550 g/mol. The highest BCUT2D eigenvalue weighted by molar-refractivity contribution is 6.06. The van der Waals surface area contributed by atoms with Crippen LogP contribution in [-0.2, 0) is 35.2 Å². The number of carbonyl (C=O) groups is 4. The van der Waals surface area contributed by atoms with Gasteiger partial charge in [0.15, 0.2) is 0 Å². The molecule has 4 rings (SSSR count). The maximum atomic E-state index is 13.2. The Labute approximate surface area is 232 Å². The number of pyridine rings is 1. The molecule has 2 aliphatic rings. The van der Waals surface area contributed by atoms with Crippen LogP contribution in [0.15, 0.2) is 54.5 Å². The number of hydrogen-bond donors (Lipinski definition) is 3. The number of amides is 2. The number of aliphatic hydroxyl groups is 1. The Balaban J connectivity index is 1.47. The Bertz CT molecular complexity index is 1320. The SMILES string of the molecule is C[C@@H](O)[C@H]1C(=O)N2C(C(=O)OCOC(=O)C(C)(C)C)=C(c3cccc(CNCC(=O)Nc4cccnc4)c3)C[C@H]12. The van der Waals surface area contributed by atoms with Crippen molar-refractivity contribution in [2.75, 3.05) is 18.7 Å². The maximum Gasteiger partial charge on any atom is 0.358 e. The zero-order valence-electron chi connectivity index (χ0n) is 23.0. The van der Waals surface area contributed by atoms with Crippen molar-refractivity contribution in [1.29, 1.82) is 0 Å². The lowest BCUT2D eigenvalue weighted by atomic mass is 9.82. The molecular weight excluding hydrogens is 516 g/mol. The van der Waals surface area contributed by atoms with Crippen molar-refractivity contribution in [2.45, 2.75) is 52.8 Å². The van der Waals surface area contributed by atoms with Gasteiger partial charge in [0, 0.05) is 12.7 Å². The van der Waals surface area contributed by atoms with Gasteiger partial charge >= 0.3 is 11.9 Å². The molecule has 0 spiro atoms. The van der Waals surface area contributed by atoms with Gasteiger partial charge in [0.05, 0.1) is 41.9 Å². The van der Waals surface area contributed by atoms with Gasteiger partial charge in [-0.2, -0.15) is 0 Å². The Hall–Kier alpha value is -4.09. The number of anilines is 1. The molecule has 2 aliphatic heterocycles. The lowest BCUT2D eigenvalue weighted by Gasteiger charge is -2.44. The van der Waals surface area contributed by atoms with Crippen LogP contribution in [0.4, 0.5) is 5.69 Å². The number of carbonyl (C=O) groups excluding carboxylic acids is 4. The fraction of sp³-hybridized carbons (Fsp3) is 0.414. The first-order chi connectivity index (χ1) is 19.0. The van der Waals surface area contributed by atoms with Gasteiger partial charge in [-0.1, -0.05) is 24.3 Å². The zero-order valence-corrected chi connectivity index (χ0v) is 23.0. The third-order valence-corrected chi connectivity index (χ3v) is 6.75. The summed E-state index contributed by atoms with van der Waals surface area (Å²) < 4.78 is 10.3. The summed E-state index contributed by atoms with van der Waals surface area (Å²) in [4.78, 5) is 55.7. The summed E-state index contributed by atoms with van der Waals surface area (Å²) in [7, 11) is 0. The molecule has 1 aromatic carbocycles. The summed E-state index contributed by atoms with van der Waals surface area (Å²) in [5.41, 5.74) is 2.10. The molecule has 1 fully saturated rings. The molecule has 40 heavy (non-hydrogen) atoms. The molecule has 11 heteroatoms. The minimum absolute atomic E-state index is 0.0765. The first-order valence-corrected chi connectivity index (χ1v) is 13.1. The van der Waals surface area contributed by atoms with Crippen LogP contribution < -0.4 is 10.6 Å². The lowest BCUT2D eigenvalue weighted by Crippen LogP contribution is -2.61. The second-order valence-corrected chi connectivity index (χ2v) is 10.9. The van der Waals surface area contributed by atoms with E-state index in [1.807, 2.05) is 24.3 Å². The molecule has 0 saturated carbocycles. The Morgan fingerprint density at radius 1 is 1.18 bits per heavy atom. The number of aromatic nitrogens is 1. The molecule has 3 N–H and O–H groups in total.